The molecule has 1 aliphatic rings. The minimum atomic E-state index is -4.46. The van der Waals surface area contributed by atoms with Gasteiger partial charge in [0.2, 0.25) is 0 Å². The van der Waals surface area contributed by atoms with Gasteiger partial charge in [0.15, 0.2) is 0 Å². The molecule has 4 nitrogen and oxygen atoms in total. The first-order valence-electron chi connectivity index (χ1n) is 5.19. The Morgan fingerprint density at radius 1 is 1.29 bits per heavy atom. The van der Waals surface area contributed by atoms with Gasteiger partial charge in [-0.15, -0.1) is 0 Å². The maximum Gasteiger partial charge on any atom is 0.391 e. The quantitative estimate of drug-likeness (QED) is 0.810. The highest BCUT2D eigenvalue weighted by atomic mass is 19.4. The zero-order valence-corrected chi connectivity index (χ0v) is 8.96. The normalized spacial score (nSPS) is 29.9. The molecule has 7 heteroatoms. The molecule has 1 aliphatic carbocycles. The largest absolute Gasteiger partial charge is 0.481 e. The SMILES string of the molecule is O=C(O)CC1(C(=O)O)CCCC(C(F)(F)F)C1. The number of carboxylic acid groups (broad SMARTS) is 2. The van der Waals surface area contributed by atoms with E-state index in [0.717, 1.165) is 0 Å². The fourth-order valence-corrected chi connectivity index (χ4v) is 2.36. The summed E-state index contributed by atoms with van der Waals surface area (Å²) in [5.41, 5.74) is -1.77. The Hall–Kier alpha value is -1.27. The molecule has 17 heavy (non-hydrogen) atoms. The summed E-state index contributed by atoms with van der Waals surface area (Å²) < 4.78 is 37.6. The topological polar surface area (TPSA) is 74.6 Å². The van der Waals surface area contributed by atoms with Gasteiger partial charge in [0.05, 0.1) is 17.8 Å². The molecule has 1 rings (SSSR count). The van der Waals surface area contributed by atoms with Gasteiger partial charge in [0.25, 0.3) is 0 Å². The van der Waals surface area contributed by atoms with E-state index in [1.165, 1.54) is 0 Å². The van der Waals surface area contributed by atoms with Crippen molar-refractivity contribution in [3.05, 3.63) is 0 Å². The van der Waals surface area contributed by atoms with Gasteiger partial charge in [-0.1, -0.05) is 6.42 Å². The number of hydrogen-bond donors (Lipinski definition) is 2. The van der Waals surface area contributed by atoms with Crippen LogP contribution in [0.5, 0.6) is 0 Å². The molecule has 0 aromatic carbocycles. The second kappa shape index (κ2) is 4.54. The van der Waals surface area contributed by atoms with Crippen molar-refractivity contribution in [3.8, 4) is 0 Å². The van der Waals surface area contributed by atoms with Crippen molar-refractivity contribution in [1.29, 1.82) is 0 Å². The van der Waals surface area contributed by atoms with Crippen LogP contribution in [0.1, 0.15) is 32.1 Å². The fraction of sp³-hybridized carbons (Fsp3) is 0.800. The van der Waals surface area contributed by atoms with E-state index in [4.69, 9.17) is 10.2 Å². The van der Waals surface area contributed by atoms with E-state index in [2.05, 4.69) is 0 Å². The molecule has 0 aromatic rings. The van der Waals surface area contributed by atoms with Gasteiger partial charge in [-0.25, -0.2) is 0 Å². The lowest BCUT2D eigenvalue weighted by atomic mass is 9.67. The Bertz CT molecular complexity index is 326. The molecule has 98 valence electrons. The Morgan fingerprint density at radius 3 is 2.29 bits per heavy atom. The molecule has 1 saturated carbocycles. The van der Waals surface area contributed by atoms with Crippen LogP contribution in [0.3, 0.4) is 0 Å². The van der Waals surface area contributed by atoms with E-state index >= 15 is 0 Å². The van der Waals surface area contributed by atoms with E-state index in [1.54, 1.807) is 0 Å². The van der Waals surface area contributed by atoms with Crippen LogP contribution < -0.4 is 0 Å². The maximum absolute atomic E-state index is 12.5. The summed E-state index contributed by atoms with van der Waals surface area (Å²) in [6.07, 6.45) is -5.91. The summed E-state index contributed by atoms with van der Waals surface area (Å²) in [5, 5.41) is 17.6. The average molecular weight is 254 g/mol. The van der Waals surface area contributed by atoms with Crippen molar-refractivity contribution in [2.75, 3.05) is 0 Å². The number of hydrogen-bond acceptors (Lipinski definition) is 2. The van der Waals surface area contributed by atoms with Crippen LogP contribution >= 0.6 is 0 Å². The summed E-state index contributed by atoms with van der Waals surface area (Å²) >= 11 is 0. The van der Waals surface area contributed by atoms with Gasteiger partial charge < -0.3 is 10.2 Å². The Balaban J connectivity index is 2.92. The van der Waals surface area contributed by atoms with Crippen molar-refractivity contribution in [2.24, 2.45) is 11.3 Å². The highest BCUT2D eigenvalue weighted by Crippen LogP contribution is 2.47. The van der Waals surface area contributed by atoms with Crippen LogP contribution in [0.2, 0.25) is 0 Å². The zero-order valence-electron chi connectivity index (χ0n) is 8.96. The van der Waals surface area contributed by atoms with Gasteiger partial charge in [0, 0.05) is 0 Å². The van der Waals surface area contributed by atoms with Crippen LogP contribution in [0.4, 0.5) is 13.2 Å². The Morgan fingerprint density at radius 2 is 1.88 bits per heavy atom. The molecule has 0 bridgehead atoms. The first kappa shape index (κ1) is 13.8. The molecule has 2 N–H and O–H groups in total. The number of carboxylic acids is 2. The highest BCUT2D eigenvalue weighted by molar-refractivity contribution is 5.81. The van der Waals surface area contributed by atoms with Crippen molar-refractivity contribution < 1.29 is 33.0 Å². The van der Waals surface area contributed by atoms with E-state index in [9.17, 15) is 22.8 Å². The van der Waals surface area contributed by atoms with Crippen LogP contribution in [-0.4, -0.2) is 28.3 Å². The summed E-state index contributed by atoms with van der Waals surface area (Å²) in [6, 6.07) is 0. The van der Waals surface area contributed by atoms with Gasteiger partial charge >= 0.3 is 18.1 Å². The molecule has 0 heterocycles. The van der Waals surface area contributed by atoms with Crippen LogP contribution in [0.15, 0.2) is 0 Å². The molecule has 0 aromatic heterocycles. The fourth-order valence-electron chi connectivity index (χ4n) is 2.36. The lowest BCUT2D eigenvalue weighted by Gasteiger charge is -2.37. The van der Waals surface area contributed by atoms with E-state index in [1.807, 2.05) is 0 Å². The van der Waals surface area contributed by atoms with E-state index < -0.39 is 42.3 Å². The third kappa shape index (κ3) is 3.10. The molecule has 1 fully saturated rings. The molecule has 2 unspecified atom stereocenters. The summed E-state index contributed by atoms with van der Waals surface area (Å²) in [5.74, 6) is -4.55. The average Bonchev–Trinajstić information content (AvgIpc) is 2.15. The lowest BCUT2D eigenvalue weighted by molar-refractivity contribution is -0.198. The van der Waals surface area contributed by atoms with Gasteiger partial charge in [-0.2, -0.15) is 13.2 Å². The van der Waals surface area contributed by atoms with Crippen molar-refractivity contribution in [1.82, 2.24) is 0 Å². The summed E-state index contributed by atoms with van der Waals surface area (Å²) in [6.45, 7) is 0. The molecule has 0 amide bonds. The zero-order chi connectivity index (χ0) is 13.3. The third-order valence-corrected chi connectivity index (χ3v) is 3.25. The first-order chi connectivity index (χ1) is 7.67. The van der Waals surface area contributed by atoms with Gasteiger partial charge in [-0.05, 0) is 19.3 Å². The lowest BCUT2D eigenvalue weighted by Crippen LogP contribution is -2.42. The molecule has 2 atom stereocenters. The van der Waals surface area contributed by atoms with Crippen LogP contribution in [0, 0.1) is 11.3 Å². The van der Waals surface area contributed by atoms with Crippen LogP contribution in [0.25, 0.3) is 0 Å². The monoisotopic (exact) mass is 254 g/mol. The molecule has 0 radical (unpaired) electrons. The standard InChI is InChI=1S/C10H13F3O4/c11-10(12,13)6-2-1-3-9(4-6,8(16)17)5-7(14)15/h6H,1-5H2,(H,14,15)(H,16,17). The van der Waals surface area contributed by atoms with Crippen molar-refractivity contribution in [2.45, 2.75) is 38.3 Å². The highest BCUT2D eigenvalue weighted by Gasteiger charge is 2.51. The van der Waals surface area contributed by atoms with Gasteiger partial charge in [0.1, 0.15) is 0 Å². The van der Waals surface area contributed by atoms with E-state index in [0.29, 0.717) is 0 Å². The van der Waals surface area contributed by atoms with Crippen LogP contribution in [-0.2, 0) is 9.59 Å². The van der Waals surface area contributed by atoms with Crippen molar-refractivity contribution >= 4 is 11.9 Å². The number of aliphatic carboxylic acids is 2. The number of halogens is 3. The van der Waals surface area contributed by atoms with Gasteiger partial charge in [-0.3, -0.25) is 9.59 Å². The Labute approximate surface area is 95.4 Å². The molecule has 0 spiro atoms. The molecular formula is C10H13F3O4. The molecule has 0 saturated heterocycles. The second-order valence-corrected chi connectivity index (χ2v) is 4.49. The summed E-state index contributed by atoms with van der Waals surface area (Å²) in [4.78, 5) is 21.6. The Kier molecular flexibility index (Phi) is 3.68. The molecular weight excluding hydrogens is 241 g/mol. The minimum absolute atomic E-state index is 0.0127. The molecule has 0 aliphatic heterocycles. The van der Waals surface area contributed by atoms with Crippen molar-refractivity contribution in [3.63, 3.8) is 0 Å². The predicted octanol–water partition coefficient (Wildman–Crippen LogP) is 2.28. The number of rotatable bonds is 3. The predicted molar refractivity (Wildman–Crippen MR) is 50.3 cm³/mol. The number of alkyl halides is 3. The second-order valence-electron chi connectivity index (χ2n) is 4.49. The first-order valence-corrected chi connectivity index (χ1v) is 5.19. The minimum Gasteiger partial charge on any atom is -0.481 e. The summed E-state index contributed by atoms with van der Waals surface area (Å²) in [7, 11) is 0. The maximum atomic E-state index is 12.5. The number of carbonyl (C=O) groups is 2. The van der Waals surface area contributed by atoms with E-state index in [-0.39, 0.29) is 19.3 Å². The third-order valence-electron chi connectivity index (χ3n) is 3.25. The smallest absolute Gasteiger partial charge is 0.391 e.